The van der Waals surface area contributed by atoms with E-state index in [0.29, 0.717) is 23.7 Å². The van der Waals surface area contributed by atoms with Crippen LogP contribution in [0, 0.1) is 11.3 Å². The first kappa shape index (κ1) is 14.9. The Morgan fingerprint density at radius 2 is 1.95 bits per heavy atom. The Bertz CT molecular complexity index is 659. The zero-order valence-corrected chi connectivity index (χ0v) is 12.0. The van der Waals surface area contributed by atoms with Crippen LogP contribution in [0.3, 0.4) is 0 Å². The van der Waals surface area contributed by atoms with Crippen LogP contribution in [-0.4, -0.2) is 12.2 Å². The first-order valence-electron chi connectivity index (χ1n) is 6.62. The lowest BCUT2D eigenvalue weighted by atomic mass is 10.1. The maximum atomic E-state index is 9.71. The number of rotatable bonds is 5. The van der Waals surface area contributed by atoms with Gasteiger partial charge >= 0.3 is 0 Å². The molecule has 4 heteroatoms. The van der Waals surface area contributed by atoms with Crippen molar-refractivity contribution >= 4 is 0 Å². The molecule has 0 saturated carbocycles. The molecular weight excluding hydrogens is 266 g/mol. The summed E-state index contributed by atoms with van der Waals surface area (Å²) in [6.45, 7) is 2.02. The van der Waals surface area contributed by atoms with Crippen molar-refractivity contribution in [1.29, 1.82) is 5.26 Å². The van der Waals surface area contributed by atoms with Crippen LogP contribution in [0.4, 0.5) is 0 Å². The van der Waals surface area contributed by atoms with E-state index in [4.69, 9.17) is 14.7 Å². The molecule has 21 heavy (non-hydrogen) atoms. The molecule has 2 aromatic rings. The first-order valence-corrected chi connectivity index (χ1v) is 6.62. The molecule has 0 aliphatic rings. The Hall–Kier alpha value is -2.51. The fraction of sp³-hybridized carbons (Fsp3) is 0.235. The van der Waals surface area contributed by atoms with E-state index in [2.05, 4.69) is 6.07 Å². The molecule has 4 nitrogen and oxygen atoms in total. The molecule has 2 aromatic carbocycles. The van der Waals surface area contributed by atoms with E-state index in [0.717, 1.165) is 11.1 Å². The zero-order valence-electron chi connectivity index (χ0n) is 12.0. The predicted octanol–water partition coefficient (Wildman–Crippen LogP) is 3.20. The number of aliphatic hydroxyl groups is 1. The number of methoxy groups -OCH3 is 1. The minimum Gasteiger partial charge on any atom is -0.495 e. The maximum absolute atomic E-state index is 9.71. The van der Waals surface area contributed by atoms with Crippen molar-refractivity contribution in [1.82, 2.24) is 0 Å². The molecule has 2 rings (SSSR count). The fourth-order valence-corrected chi connectivity index (χ4v) is 2.05. The first-order chi connectivity index (χ1) is 10.2. The van der Waals surface area contributed by atoms with Gasteiger partial charge in [-0.15, -0.1) is 0 Å². The highest BCUT2D eigenvalue weighted by atomic mass is 16.5. The zero-order chi connectivity index (χ0) is 15.2. The van der Waals surface area contributed by atoms with Gasteiger partial charge in [-0.05, 0) is 30.7 Å². The number of nitriles is 1. The van der Waals surface area contributed by atoms with Crippen molar-refractivity contribution in [2.24, 2.45) is 0 Å². The number of aliphatic hydroxyl groups excluding tert-OH is 1. The van der Waals surface area contributed by atoms with Crippen LogP contribution in [0.2, 0.25) is 0 Å². The third-order valence-electron chi connectivity index (χ3n) is 3.15. The van der Waals surface area contributed by atoms with E-state index < -0.39 is 6.10 Å². The van der Waals surface area contributed by atoms with Crippen molar-refractivity contribution in [3.63, 3.8) is 0 Å². The van der Waals surface area contributed by atoms with Crippen molar-refractivity contribution in [3.05, 3.63) is 59.2 Å². The average Bonchev–Trinajstić information content (AvgIpc) is 2.52. The van der Waals surface area contributed by atoms with E-state index in [1.165, 1.54) is 7.11 Å². The van der Waals surface area contributed by atoms with Gasteiger partial charge in [0.25, 0.3) is 0 Å². The fourth-order valence-electron chi connectivity index (χ4n) is 2.05. The molecule has 1 atom stereocenters. The molecule has 0 fully saturated rings. The quantitative estimate of drug-likeness (QED) is 0.915. The molecule has 0 saturated heterocycles. The molecular formula is C17H17NO3. The molecule has 0 amide bonds. The second-order valence-corrected chi connectivity index (χ2v) is 4.65. The Balaban J connectivity index is 2.16. The standard InChI is InChI=1S/C17H17NO3/c1-12(19)15-5-3-4-6-17(15)21-11-13-7-8-16(20-2)14(9-13)10-18/h3-9,12,19H,11H2,1-2H3/t12-/m0/s1. The Kier molecular flexibility index (Phi) is 4.81. The summed E-state index contributed by atoms with van der Waals surface area (Å²) in [7, 11) is 1.53. The largest absolute Gasteiger partial charge is 0.495 e. The van der Waals surface area contributed by atoms with Crippen molar-refractivity contribution in [2.75, 3.05) is 7.11 Å². The third kappa shape index (κ3) is 3.53. The summed E-state index contributed by atoms with van der Waals surface area (Å²) >= 11 is 0. The van der Waals surface area contributed by atoms with E-state index in [-0.39, 0.29) is 0 Å². The SMILES string of the molecule is COc1ccc(COc2ccccc2[C@H](C)O)cc1C#N. The highest BCUT2D eigenvalue weighted by Crippen LogP contribution is 2.26. The lowest BCUT2D eigenvalue weighted by Gasteiger charge is -2.13. The number of hydrogen-bond acceptors (Lipinski definition) is 4. The summed E-state index contributed by atoms with van der Waals surface area (Å²) in [5, 5.41) is 18.8. The molecule has 108 valence electrons. The summed E-state index contributed by atoms with van der Waals surface area (Å²) in [6.07, 6.45) is -0.591. The molecule has 0 unspecified atom stereocenters. The van der Waals surface area contributed by atoms with Crippen LogP contribution in [0.15, 0.2) is 42.5 Å². The predicted molar refractivity (Wildman–Crippen MR) is 79.1 cm³/mol. The highest BCUT2D eigenvalue weighted by Gasteiger charge is 2.09. The average molecular weight is 283 g/mol. The smallest absolute Gasteiger partial charge is 0.136 e. The van der Waals surface area contributed by atoms with Gasteiger partial charge in [0.1, 0.15) is 24.2 Å². The van der Waals surface area contributed by atoms with Crippen LogP contribution in [0.25, 0.3) is 0 Å². The van der Waals surface area contributed by atoms with Gasteiger partial charge in [0, 0.05) is 5.56 Å². The Morgan fingerprint density at radius 1 is 1.19 bits per heavy atom. The van der Waals surface area contributed by atoms with Gasteiger partial charge in [0.15, 0.2) is 0 Å². The molecule has 0 aliphatic carbocycles. The van der Waals surface area contributed by atoms with E-state index in [1.807, 2.05) is 30.3 Å². The van der Waals surface area contributed by atoms with E-state index >= 15 is 0 Å². The molecule has 0 aromatic heterocycles. The summed E-state index contributed by atoms with van der Waals surface area (Å²) in [5.74, 6) is 1.19. The van der Waals surface area contributed by atoms with Crippen molar-refractivity contribution < 1.29 is 14.6 Å². The summed E-state index contributed by atoms with van der Waals surface area (Å²) in [4.78, 5) is 0. The molecule has 1 N–H and O–H groups in total. The van der Waals surface area contributed by atoms with Gasteiger partial charge in [0.05, 0.1) is 18.8 Å². The summed E-state index contributed by atoms with van der Waals surface area (Å²) in [6, 6.07) is 14.8. The van der Waals surface area contributed by atoms with Crippen LogP contribution >= 0.6 is 0 Å². The van der Waals surface area contributed by atoms with Crippen LogP contribution in [0.1, 0.15) is 29.7 Å². The normalized spacial score (nSPS) is 11.5. The highest BCUT2D eigenvalue weighted by molar-refractivity contribution is 5.45. The van der Waals surface area contributed by atoms with Gasteiger partial charge in [-0.1, -0.05) is 24.3 Å². The second-order valence-electron chi connectivity index (χ2n) is 4.65. The minimum atomic E-state index is -0.591. The number of benzene rings is 2. The second kappa shape index (κ2) is 6.78. The van der Waals surface area contributed by atoms with Crippen LogP contribution in [-0.2, 0) is 6.61 Å². The van der Waals surface area contributed by atoms with Gasteiger partial charge in [-0.2, -0.15) is 5.26 Å². The number of ether oxygens (including phenoxy) is 2. The molecule has 0 spiro atoms. The Labute approximate surface area is 124 Å². The summed E-state index contributed by atoms with van der Waals surface area (Å²) < 4.78 is 10.9. The lowest BCUT2D eigenvalue weighted by molar-refractivity contribution is 0.190. The maximum Gasteiger partial charge on any atom is 0.136 e. The summed E-state index contributed by atoms with van der Waals surface area (Å²) in [5.41, 5.74) is 2.08. The third-order valence-corrected chi connectivity index (χ3v) is 3.15. The van der Waals surface area contributed by atoms with Crippen molar-refractivity contribution in [2.45, 2.75) is 19.6 Å². The van der Waals surface area contributed by atoms with Crippen LogP contribution < -0.4 is 9.47 Å². The lowest BCUT2D eigenvalue weighted by Crippen LogP contribution is -2.01. The van der Waals surface area contributed by atoms with Crippen molar-refractivity contribution in [3.8, 4) is 17.6 Å². The molecule has 0 radical (unpaired) electrons. The Morgan fingerprint density at radius 3 is 2.62 bits per heavy atom. The number of para-hydroxylation sites is 1. The molecule has 0 bridgehead atoms. The van der Waals surface area contributed by atoms with Gasteiger partial charge in [0.2, 0.25) is 0 Å². The van der Waals surface area contributed by atoms with E-state index in [1.54, 1.807) is 19.1 Å². The van der Waals surface area contributed by atoms with Crippen LogP contribution in [0.5, 0.6) is 11.5 Å². The minimum absolute atomic E-state index is 0.322. The van der Waals surface area contributed by atoms with Gasteiger partial charge in [-0.25, -0.2) is 0 Å². The molecule has 0 heterocycles. The van der Waals surface area contributed by atoms with Gasteiger partial charge in [-0.3, -0.25) is 0 Å². The molecule has 0 aliphatic heterocycles. The van der Waals surface area contributed by atoms with E-state index in [9.17, 15) is 5.11 Å². The van der Waals surface area contributed by atoms with Gasteiger partial charge < -0.3 is 14.6 Å². The monoisotopic (exact) mass is 283 g/mol. The number of hydrogen-bond donors (Lipinski definition) is 1. The number of nitrogens with zero attached hydrogens (tertiary/aromatic N) is 1. The topological polar surface area (TPSA) is 62.5 Å².